The Morgan fingerprint density at radius 1 is 1.24 bits per heavy atom. The lowest BCUT2D eigenvalue weighted by Crippen LogP contribution is -2.45. The first-order chi connectivity index (χ1) is 10.1. The van der Waals surface area contributed by atoms with Gasteiger partial charge in [0, 0.05) is 24.6 Å². The predicted molar refractivity (Wildman–Crippen MR) is 81.4 cm³/mol. The highest BCUT2D eigenvalue weighted by molar-refractivity contribution is 5.82. The quantitative estimate of drug-likeness (QED) is 0.873. The van der Waals surface area contributed by atoms with Gasteiger partial charge in [0.25, 0.3) is 0 Å². The fourth-order valence-corrected chi connectivity index (χ4v) is 2.48. The monoisotopic (exact) mass is 283 g/mol. The number of ether oxygens (including phenoxy) is 1. The third kappa shape index (κ3) is 2.71. The second kappa shape index (κ2) is 5.14. The lowest BCUT2D eigenvalue weighted by atomic mass is 9.91. The van der Waals surface area contributed by atoms with Gasteiger partial charge in [0.2, 0.25) is 0 Å². The van der Waals surface area contributed by atoms with Crippen molar-refractivity contribution in [2.45, 2.75) is 18.5 Å². The molecule has 1 aromatic heterocycles. The third-order valence-corrected chi connectivity index (χ3v) is 3.61. The fourth-order valence-electron chi connectivity index (χ4n) is 2.48. The van der Waals surface area contributed by atoms with Crippen LogP contribution in [0.2, 0.25) is 0 Å². The van der Waals surface area contributed by atoms with Crippen LogP contribution in [0, 0.1) is 0 Å². The number of nitrogens with zero attached hydrogens (tertiary/aromatic N) is 3. The fraction of sp³-hybridized carbons (Fsp3) is 0.267. The molecular formula is C15H17N5O. The number of hydrogen-bond donors (Lipinski definition) is 2. The van der Waals surface area contributed by atoms with Crippen molar-refractivity contribution in [3.8, 4) is 5.75 Å². The van der Waals surface area contributed by atoms with Crippen LogP contribution in [-0.4, -0.2) is 29.0 Å². The number of anilines is 1. The van der Waals surface area contributed by atoms with Gasteiger partial charge in [0.15, 0.2) is 0 Å². The van der Waals surface area contributed by atoms with E-state index in [2.05, 4.69) is 15.0 Å². The molecule has 2 aromatic rings. The second-order valence-electron chi connectivity index (χ2n) is 5.19. The van der Waals surface area contributed by atoms with Crippen molar-refractivity contribution in [2.75, 3.05) is 12.8 Å². The van der Waals surface area contributed by atoms with Gasteiger partial charge in [-0.1, -0.05) is 12.1 Å². The molecule has 0 radical (unpaired) electrons. The summed E-state index contributed by atoms with van der Waals surface area (Å²) in [6, 6.07) is 7.81. The van der Waals surface area contributed by atoms with Crippen LogP contribution < -0.4 is 16.2 Å². The van der Waals surface area contributed by atoms with Crippen LogP contribution in [0.25, 0.3) is 0 Å². The number of methoxy groups -OCH3 is 1. The van der Waals surface area contributed by atoms with Gasteiger partial charge in [-0.05, 0) is 17.7 Å². The first-order valence-electron chi connectivity index (χ1n) is 6.66. The summed E-state index contributed by atoms with van der Waals surface area (Å²) >= 11 is 0. The number of hydrogen-bond acceptors (Lipinski definition) is 6. The minimum atomic E-state index is -0.722. The van der Waals surface area contributed by atoms with E-state index in [1.54, 1.807) is 13.3 Å². The van der Waals surface area contributed by atoms with Crippen molar-refractivity contribution in [2.24, 2.45) is 10.7 Å². The van der Waals surface area contributed by atoms with Gasteiger partial charge in [0.1, 0.15) is 23.6 Å². The maximum absolute atomic E-state index is 6.41. The lowest BCUT2D eigenvalue weighted by molar-refractivity contribution is 0.413. The van der Waals surface area contributed by atoms with E-state index < -0.39 is 5.66 Å². The van der Waals surface area contributed by atoms with E-state index in [4.69, 9.17) is 16.2 Å². The summed E-state index contributed by atoms with van der Waals surface area (Å²) in [6.45, 7) is 0. The minimum Gasteiger partial charge on any atom is -0.497 e. The maximum Gasteiger partial charge on any atom is 0.130 e. The summed E-state index contributed by atoms with van der Waals surface area (Å²) in [7, 11) is 1.64. The van der Waals surface area contributed by atoms with E-state index in [9.17, 15) is 0 Å². The van der Waals surface area contributed by atoms with E-state index in [1.807, 2.05) is 24.3 Å². The molecule has 1 atom stereocenters. The molecule has 6 nitrogen and oxygen atoms in total. The van der Waals surface area contributed by atoms with Crippen LogP contribution in [0.4, 0.5) is 5.82 Å². The number of aliphatic imine (C=N–C) groups is 1. The number of nitrogen functional groups attached to an aromatic ring is 1. The molecule has 1 unspecified atom stereocenters. The molecule has 1 aromatic carbocycles. The summed E-state index contributed by atoms with van der Waals surface area (Å²) in [6.07, 6.45) is 4.26. The molecule has 0 aliphatic carbocycles. The molecule has 21 heavy (non-hydrogen) atoms. The van der Waals surface area contributed by atoms with Crippen molar-refractivity contribution in [3.05, 3.63) is 47.4 Å². The average Bonchev–Trinajstić information content (AvgIpc) is 2.49. The van der Waals surface area contributed by atoms with Gasteiger partial charge < -0.3 is 16.2 Å². The van der Waals surface area contributed by atoms with Crippen molar-refractivity contribution in [1.82, 2.24) is 9.97 Å². The van der Waals surface area contributed by atoms with Crippen LogP contribution in [-0.2, 0) is 12.8 Å². The highest BCUT2D eigenvalue weighted by Crippen LogP contribution is 2.26. The molecule has 0 amide bonds. The summed E-state index contributed by atoms with van der Waals surface area (Å²) < 4.78 is 5.15. The molecule has 3 rings (SSSR count). The van der Waals surface area contributed by atoms with Crippen molar-refractivity contribution >= 4 is 12.0 Å². The summed E-state index contributed by atoms with van der Waals surface area (Å²) in [5.41, 5.74) is 14.3. The van der Waals surface area contributed by atoms with E-state index in [1.165, 1.54) is 6.33 Å². The van der Waals surface area contributed by atoms with Gasteiger partial charge in [-0.15, -0.1) is 0 Å². The topological polar surface area (TPSA) is 99.4 Å². The summed E-state index contributed by atoms with van der Waals surface area (Å²) in [4.78, 5) is 12.6. The van der Waals surface area contributed by atoms with Gasteiger partial charge in [0.05, 0.1) is 12.8 Å². The van der Waals surface area contributed by atoms with Gasteiger partial charge in [-0.3, -0.25) is 4.99 Å². The highest BCUT2D eigenvalue weighted by atomic mass is 16.5. The smallest absolute Gasteiger partial charge is 0.130 e. The largest absolute Gasteiger partial charge is 0.497 e. The number of benzene rings is 1. The molecular weight excluding hydrogens is 266 g/mol. The average molecular weight is 283 g/mol. The van der Waals surface area contributed by atoms with Gasteiger partial charge >= 0.3 is 0 Å². The molecule has 2 heterocycles. The lowest BCUT2D eigenvalue weighted by Gasteiger charge is -2.29. The molecule has 1 aliphatic rings. The minimum absolute atomic E-state index is 0.468. The Bertz CT molecular complexity index is 683. The Kier molecular flexibility index (Phi) is 3.31. The Labute approximate surface area is 122 Å². The Balaban J connectivity index is 1.84. The Hall–Kier alpha value is -2.47. The molecule has 0 saturated carbocycles. The van der Waals surface area contributed by atoms with E-state index in [0.29, 0.717) is 18.7 Å². The number of fused-ring (bicyclic) bond motifs is 1. The molecule has 6 heteroatoms. The maximum atomic E-state index is 6.41. The third-order valence-electron chi connectivity index (χ3n) is 3.61. The first kappa shape index (κ1) is 13.5. The number of aromatic nitrogens is 2. The van der Waals surface area contributed by atoms with Crippen molar-refractivity contribution < 1.29 is 4.74 Å². The van der Waals surface area contributed by atoms with Crippen molar-refractivity contribution in [1.29, 1.82) is 0 Å². The van der Waals surface area contributed by atoms with Gasteiger partial charge in [-0.2, -0.15) is 0 Å². The van der Waals surface area contributed by atoms with Crippen LogP contribution in [0.15, 0.2) is 35.6 Å². The summed E-state index contributed by atoms with van der Waals surface area (Å²) in [5, 5.41) is 0. The molecule has 0 fully saturated rings. The molecule has 4 N–H and O–H groups in total. The standard InChI is InChI=1S/C15H17N5O/c1-21-11-4-2-10(3-5-11)6-15(17)7-12-13(8-20-15)18-9-19-14(12)16/h2-5,8-9H,6-7,17H2,1H3,(H2,16,18,19). The summed E-state index contributed by atoms with van der Waals surface area (Å²) in [5.74, 6) is 1.29. The van der Waals surface area contributed by atoms with Crippen molar-refractivity contribution in [3.63, 3.8) is 0 Å². The van der Waals surface area contributed by atoms with Crippen LogP contribution >= 0.6 is 0 Å². The molecule has 0 bridgehead atoms. The molecule has 0 spiro atoms. The first-order valence-corrected chi connectivity index (χ1v) is 6.66. The van der Waals surface area contributed by atoms with Crippen LogP contribution in [0.5, 0.6) is 5.75 Å². The van der Waals surface area contributed by atoms with E-state index in [-0.39, 0.29) is 0 Å². The predicted octanol–water partition coefficient (Wildman–Crippen LogP) is 0.940. The zero-order valence-electron chi connectivity index (χ0n) is 11.8. The Morgan fingerprint density at radius 3 is 2.71 bits per heavy atom. The zero-order valence-corrected chi connectivity index (χ0v) is 11.8. The number of rotatable bonds is 3. The van der Waals surface area contributed by atoms with E-state index in [0.717, 1.165) is 22.6 Å². The molecule has 0 saturated heterocycles. The molecule has 1 aliphatic heterocycles. The Morgan fingerprint density at radius 2 is 2.00 bits per heavy atom. The SMILES string of the molecule is COc1ccc(CC2(N)Cc3c(N)ncnc3C=N2)cc1. The molecule has 108 valence electrons. The number of nitrogens with two attached hydrogens (primary N) is 2. The normalized spacial score (nSPS) is 20.1. The van der Waals surface area contributed by atoms with E-state index >= 15 is 0 Å². The second-order valence-corrected chi connectivity index (χ2v) is 5.19. The highest BCUT2D eigenvalue weighted by Gasteiger charge is 2.30. The zero-order chi connectivity index (χ0) is 14.9. The van der Waals surface area contributed by atoms with Crippen LogP contribution in [0.3, 0.4) is 0 Å². The van der Waals surface area contributed by atoms with Gasteiger partial charge in [-0.25, -0.2) is 9.97 Å². The van der Waals surface area contributed by atoms with Crippen LogP contribution in [0.1, 0.15) is 16.8 Å².